The number of carbonyl (C=O) groups excluding carboxylic acids is 2. The fraction of sp³-hybridized carbons (Fsp3) is 0.667. The van der Waals surface area contributed by atoms with Crippen LogP contribution in [0.25, 0.3) is 0 Å². The van der Waals surface area contributed by atoms with Gasteiger partial charge >= 0.3 is 12.1 Å². The van der Waals surface area contributed by atoms with Crippen LogP contribution in [-0.2, 0) is 21.5 Å². The van der Waals surface area contributed by atoms with E-state index < -0.39 is 11.5 Å². The van der Waals surface area contributed by atoms with Gasteiger partial charge in [0.25, 0.3) is 0 Å². The monoisotopic (exact) mass is 512 g/mol. The Balaban J connectivity index is 1.48. The van der Waals surface area contributed by atoms with Gasteiger partial charge in [-0.05, 0) is 64.9 Å². The van der Waals surface area contributed by atoms with Crippen LogP contribution in [0, 0.1) is 5.41 Å². The van der Waals surface area contributed by atoms with Crippen LogP contribution in [0.15, 0.2) is 24.3 Å². The molecule has 0 bridgehead atoms. The van der Waals surface area contributed by atoms with Crippen LogP contribution in [0.5, 0.6) is 11.5 Å². The normalized spacial score (nSPS) is 24.5. The van der Waals surface area contributed by atoms with Crippen molar-refractivity contribution in [1.82, 2.24) is 10.2 Å². The number of benzene rings is 1. The molecule has 1 amide bonds. The molecule has 3 aliphatic rings. The van der Waals surface area contributed by atoms with Crippen molar-refractivity contribution in [3.8, 4) is 11.5 Å². The smallest absolute Gasteiger partial charge is 0.412 e. The lowest BCUT2D eigenvalue weighted by atomic mass is 9.69. The Bertz CT molecular complexity index is 1010. The third-order valence-electron chi connectivity index (χ3n) is 7.78. The van der Waals surface area contributed by atoms with Gasteiger partial charge in [-0.3, -0.25) is 4.79 Å². The standard InChI is InChI=1S/C30H44N2O5/c1-6-7-8-9-10-11-17-31-28(34)36-23-13-12-21-20-32(5)18-16-30-15-14-22(35-27(33)29(2,3)4)19-24(30)37-26(23)25(21)30/h12-15,22,24H,6-11,16-20H2,1-5H3,(H,31,34)/t22-,24-,30-/m0/s1. The average molecular weight is 513 g/mol. The summed E-state index contributed by atoms with van der Waals surface area (Å²) in [6.45, 7) is 10.1. The van der Waals surface area contributed by atoms with Gasteiger partial charge in [0.1, 0.15) is 12.2 Å². The van der Waals surface area contributed by atoms with E-state index in [2.05, 4.69) is 36.3 Å². The molecule has 1 aliphatic carbocycles. The van der Waals surface area contributed by atoms with Crippen molar-refractivity contribution in [3.63, 3.8) is 0 Å². The second-order valence-corrected chi connectivity index (χ2v) is 11.9. The Morgan fingerprint density at radius 1 is 1.16 bits per heavy atom. The van der Waals surface area contributed by atoms with Gasteiger partial charge in [-0.2, -0.15) is 0 Å². The quantitative estimate of drug-likeness (QED) is 0.253. The Morgan fingerprint density at radius 2 is 1.92 bits per heavy atom. The maximum Gasteiger partial charge on any atom is 0.412 e. The summed E-state index contributed by atoms with van der Waals surface area (Å²) in [7, 11) is 2.13. The molecule has 1 aromatic rings. The molecule has 37 heavy (non-hydrogen) atoms. The van der Waals surface area contributed by atoms with Crippen molar-refractivity contribution < 1.29 is 23.8 Å². The maximum atomic E-state index is 12.6. The number of carbonyl (C=O) groups is 2. The lowest BCUT2D eigenvalue weighted by molar-refractivity contribution is -0.157. The molecule has 7 heteroatoms. The van der Waals surface area contributed by atoms with E-state index in [4.69, 9.17) is 14.2 Å². The molecule has 2 aliphatic heterocycles. The third kappa shape index (κ3) is 6.14. The predicted octanol–water partition coefficient (Wildman–Crippen LogP) is 5.89. The molecule has 1 spiro atoms. The Morgan fingerprint density at radius 3 is 2.68 bits per heavy atom. The molecule has 0 saturated carbocycles. The molecule has 1 aromatic carbocycles. The van der Waals surface area contributed by atoms with Crippen molar-refractivity contribution in [3.05, 3.63) is 35.4 Å². The summed E-state index contributed by atoms with van der Waals surface area (Å²) in [5.41, 5.74) is 1.41. The van der Waals surface area contributed by atoms with E-state index in [9.17, 15) is 9.59 Å². The van der Waals surface area contributed by atoms with E-state index in [1.807, 2.05) is 32.9 Å². The third-order valence-corrected chi connectivity index (χ3v) is 7.78. The molecule has 0 radical (unpaired) electrons. The first kappa shape index (κ1) is 27.5. The van der Waals surface area contributed by atoms with Gasteiger partial charge in [0, 0.05) is 25.1 Å². The highest BCUT2D eigenvalue weighted by molar-refractivity contribution is 5.76. The summed E-state index contributed by atoms with van der Waals surface area (Å²) in [6.07, 6.45) is 11.7. The Hall–Kier alpha value is -2.54. The first-order valence-electron chi connectivity index (χ1n) is 14.0. The van der Waals surface area contributed by atoms with Gasteiger partial charge in [-0.25, -0.2) is 4.79 Å². The molecule has 0 unspecified atom stereocenters. The van der Waals surface area contributed by atoms with Crippen molar-refractivity contribution in [2.24, 2.45) is 5.41 Å². The first-order chi connectivity index (χ1) is 17.6. The highest BCUT2D eigenvalue weighted by Gasteiger charge is 2.53. The van der Waals surface area contributed by atoms with Crippen LogP contribution in [0.2, 0.25) is 0 Å². The summed E-state index contributed by atoms with van der Waals surface area (Å²) in [5.74, 6) is 0.884. The predicted molar refractivity (Wildman–Crippen MR) is 144 cm³/mol. The van der Waals surface area contributed by atoms with Crippen LogP contribution in [0.3, 0.4) is 0 Å². The Kier molecular flexibility index (Phi) is 8.52. The molecule has 204 valence electrons. The highest BCUT2D eigenvalue weighted by atomic mass is 16.6. The fourth-order valence-electron chi connectivity index (χ4n) is 5.62. The zero-order valence-electron chi connectivity index (χ0n) is 23.2. The minimum atomic E-state index is -0.565. The van der Waals surface area contributed by atoms with Crippen molar-refractivity contribution in [1.29, 1.82) is 0 Å². The van der Waals surface area contributed by atoms with Crippen molar-refractivity contribution >= 4 is 12.1 Å². The van der Waals surface area contributed by atoms with E-state index in [0.29, 0.717) is 24.5 Å². The zero-order chi connectivity index (χ0) is 26.6. The molecular formula is C30H44N2O5. The van der Waals surface area contributed by atoms with Crippen molar-refractivity contribution in [2.75, 3.05) is 20.1 Å². The van der Waals surface area contributed by atoms with Crippen LogP contribution in [-0.4, -0.2) is 49.3 Å². The number of hydrogen-bond donors (Lipinski definition) is 1. The van der Waals surface area contributed by atoms with E-state index in [0.717, 1.165) is 37.9 Å². The molecule has 2 heterocycles. The minimum Gasteiger partial charge on any atom is -0.485 e. The molecule has 0 saturated heterocycles. The van der Waals surface area contributed by atoms with Crippen LogP contribution >= 0.6 is 0 Å². The van der Waals surface area contributed by atoms with Crippen LogP contribution in [0.4, 0.5) is 4.79 Å². The summed E-state index contributed by atoms with van der Waals surface area (Å²) in [6, 6.07) is 3.91. The van der Waals surface area contributed by atoms with Gasteiger partial charge in [0.05, 0.1) is 10.8 Å². The SMILES string of the molecule is CCCCCCCCNC(=O)Oc1ccc2c3c1O[C@H]1C[C@@H](OC(=O)C(C)(C)C)C=C[C@@]31CCN(C)C2. The molecule has 7 nitrogen and oxygen atoms in total. The minimum absolute atomic E-state index is 0.188. The molecular weight excluding hydrogens is 468 g/mol. The first-order valence-corrected chi connectivity index (χ1v) is 14.0. The maximum absolute atomic E-state index is 12.6. The number of ether oxygens (including phenoxy) is 3. The van der Waals surface area contributed by atoms with Crippen molar-refractivity contribution in [2.45, 2.75) is 103 Å². The number of rotatable bonds is 9. The number of hydrogen-bond acceptors (Lipinski definition) is 6. The van der Waals surface area contributed by atoms with E-state index in [-0.39, 0.29) is 23.6 Å². The topological polar surface area (TPSA) is 77.1 Å². The van der Waals surface area contributed by atoms with Crippen LogP contribution < -0.4 is 14.8 Å². The summed E-state index contributed by atoms with van der Waals surface area (Å²) in [5, 5.41) is 2.89. The lowest BCUT2D eigenvalue weighted by Crippen LogP contribution is -2.44. The molecule has 4 rings (SSSR count). The molecule has 3 atom stereocenters. The average Bonchev–Trinajstić information content (AvgIpc) is 3.10. The number of nitrogens with zero attached hydrogens (tertiary/aromatic N) is 1. The largest absolute Gasteiger partial charge is 0.485 e. The molecule has 0 fully saturated rings. The molecule has 1 N–H and O–H groups in total. The zero-order valence-corrected chi connectivity index (χ0v) is 23.2. The number of nitrogens with one attached hydrogen (secondary N) is 1. The number of amides is 1. The van der Waals surface area contributed by atoms with Gasteiger partial charge in [-0.1, -0.05) is 51.2 Å². The lowest BCUT2D eigenvalue weighted by Gasteiger charge is -2.37. The number of unbranched alkanes of at least 4 members (excludes halogenated alkanes) is 5. The second-order valence-electron chi connectivity index (χ2n) is 11.9. The van der Waals surface area contributed by atoms with Gasteiger partial charge in [0.15, 0.2) is 11.5 Å². The van der Waals surface area contributed by atoms with E-state index in [1.54, 1.807) is 0 Å². The van der Waals surface area contributed by atoms with Crippen LogP contribution in [0.1, 0.15) is 90.2 Å². The summed E-state index contributed by atoms with van der Waals surface area (Å²) < 4.78 is 18.2. The Labute approximate surface area is 221 Å². The van der Waals surface area contributed by atoms with E-state index in [1.165, 1.54) is 31.2 Å². The summed E-state index contributed by atoms with van der Waals surface area (Å²) >= 11 is 0. The van der Waals surface area contributed by atoms with Gasteiger partial charge in [-0.15, -0.1) is 0 Å². The number of esters is 1. The highest BCUT2D eigenvalue weighted by Crippen LogP contribution is 2.56. The van der Waals surface area contributed by atoms with E-state index >= 15 is 0 Å². The second kappa shape index (κ2) is 11.5. The summed E-state index contributed by atoms with van der Waals surface area (Å²) in [4.78, 5) is 27.5. The molecule has 0 aromatic heterocycles. The fourth-order valence-corrected chi connectivity index (χ4v) is 5.62. The van der Waals surface area contributed by atoms with Gasteiger partial charge < -0.3 is 24.4 Å². The van der Waals surface area contributed by atoms with Gasteiger partial charge in [0.2, 0.25) is 0 Å².